The minimum absolute atomic E-state index is 0.0235. The summed E-state index contributed by atoms with van der Waals surface area (Å²) in [5.74, 6) is 0.273. The van der Waals surface area contributed by atoms with E-state index in [1.807, 2.05) is 0 Å². The average molecular weight is 375 g/mol. The summed E-state index contributed by atoms with van der Waals surface area (Å²) in [4.78, 5) is 24.8. The first-order valence-corrected chi connectivity index (χ1v) is 10.2. The Morgan fingerprint density at radius 3 is 2.37 bits per heavy atom. The molecule has 0 aromatic heterocycles. The quantitative estimate of drug-likeness (QED) is 0.581. The smallest absolute Gasteiger partial charge is 0.242 e. The predicted molar refractivity (Wildman–Crippen MR) is 104 cm³/mol. The van der Waals surface area contributed by atoms with Gasteiger partial charge in [-0.25, -0.2) is 4.39 Å². The highest BCUT2D eigenvalue weighted by molar-refractivity contribution is 5.89. The van der Waals surface area contributed by atoms with Crippen LogP contribution < -0.4 is 16.0 Å². The minimum Gasteiger partial charge on any atom is -0.383 e. The molecule has 1 aromatic rings. The molecule has 3 N–H and O–H groups in total. The van der Waals surface area contributed by atoms with E-state index in [9.17, 15) is 14.0 Å². The van der Waals surface area contributed by atoms with E-state index in [0.717, 1.165) is 37.8 Å². The van der Waals surface area contributed by atoms with Crippen LogP contribution in [0.25, 0.3) is 0 Å². The topological polar surface area (TPSA) is 70.2 Å². The lowest BCUT2D eigenvalue weighted by Gasteiger charge is -2.26. The maximum Gasteiger partial charge on any atom is 0.242 e. The molecule has 1 atom stereocenters. The molecule has 148 valence electrons. The number of benzene rings is 1. The maximum atomic E-state index is 12.9. The van der Waals surface area contributed by atoms with E-state index in [2.05, 4.69) is 16.0 Å². The van der Waals surface area contributed by atoms with Crippen LogP contribution in [0.5, 0.6) is 0 Å². The molecular weight excluding hydrogens is 345 g/mol. The molecular formula is C21H30FN3O2. The number of carbonyl (C=O) groups excluding carboxylic acids is 2. The number of carbonyl (C=O) groups is 2. The van der Waals surface area contributed by atoms with Gasteiger partial charge in [-0.05, 0) is 49.4 Å². The first-order valence-electron chi connectivity index (χ1n) is 10.2. The Labute approximate surface area is 160 Å². The van der Waals surface area contributed by atoms with Crippen molar-refractivity contribution in [2.24, 2.45) is 11.8 Å². The van der Waals surface area contributed by atoms with Gasteiger partial charge < -0.3 is 16.0 Å². The summed E-state index contributed by atoms with van der Waals surface area (Å²) in [6.07, 6.45) is 8.61. The van der Waals surface area contributed by atoms with Gasteiger partial charge in [0.25, 0.3) is 0 Å². The number of rotatable bonds is 9. The van der Waals surface area contributed by atoms with E-state index in [0.29, 0.717) is 19.0 Å². The molecule has 2 aliphatic rings. The van der Waals surface area contributed by atoms with Gasteiger partial charge in [0.1, 0.15) is 11.9 Å². The third kappa shape index (κ3) is 6.52. The lowest BCUT2D eigenvalue weighted by atomic mass is 9.84. The predicted octanol–water partition coefficient (Wildman–Crippen LogP) is 3.22. The molecule has 5 nitrogen and oxygen atoms in total. The second-order valence-corrected chi connectivity index (χ2v) is 7.80. The Hall–Kier alpha value is -2.11. The van der Waals surface area contributed by atoms with Crippen LogP contribution in [0, 0.1) is 17.7 Å². The Bertz CT molecular complexity index is 625. The van der Waals surface area contributed by atoms with E-state index >= 15 is 0 Å². The second-order valence-electron chi connectivity index (χ2n) is 7.80. The molecule has 1 aromatic carbocycles. The van der Waals surface area contributed by atoms with E-state index in [-0.39, 0.29) is 23.5 Å². The molecule has 0 heterocycles. The third-order valence-corrected chi connectivity index (χ3v) is 5.47. The first-order chi connectivity index (χ1) is 13.1. The Kier molecular flexibility index (Phi) is 7.07. The molecule has 6 heteroatoms. The van der Waals surface area contributed by atoms with Crippen molar-refractivity contribution >= 4 is 17.5 Å². The highest BCUT2D eigenvalue weighted by Crippen LogP contribution is 2.30. The molecule has 0 unspecified atom stereocenters. The SMILES string of the molecule is O=C(N[C@@H](CC1CCCCC1)C(=O)NCCNc1ccc(F)cc1)C1CC1. The molecule has 3 rings (SSSR count). The number of hydrogen-bond donors (Lipinski definition) is 3. The summed E-state index contributed by atoms with van der Waals surface area (Å²) in [5.41, 5.74) is 0.812. The second kappa shape index (κ2) is 9.72. The van der Waals surface area contributed by atoms with Gasteiger partial charge in [0, 0.05) is 24.7 Å². The number of anilines is 1. The van der Waals surface area contributed by atoms with E-state index < -0.39 is 6.04 Å². The minimum atomic E-state index is -0.438. The van der Waals surface area contributed by atoms with E-state index in [1.165, 1.54) is 31.4 Å². The monoisotopic (exact) mass is 375 g/mol. The number of halogens is 1. The lowest BCUT2D eigenvalue weighted by Crippen LogP contribution is -2.49. The van der Waals surface area contributed by atoms with E-state index in [1.54, 1.807) is 12.1 Å². The zero-order valence-electron chi connectivity index (χ0n) is 15.8. The fraction of sp³-hybridized carbons (Fsp3) is 0.619. The summed E-state index contributed by atoms with van der Waals surface area (Å²) in [5, 5.41) is 9.05. The zero-order chi connectivity index (χ0) is 19.1. The van der Waals surface area contributed by atoms with Crippen LogP contribution >= 0.6 is 0 Å². The van der Waals surface area contributed by atoms with Gasteiger partial charge in [-0.2, -0.15) is 0 Å². The molecule has 2 saturated carbocycles. The van der Waals surface area contributed by atoms with Crippen molar-refractivity contribution in [1.82, 2.24) is 10.6 Å². The summed E-state index contributed by atoms with van der Waals surface area (Å²) < 4.78 is 12.9. The zero-order valence-corrected chi connectivity index (χ0v) is 15.8. The molecule has 0 radical (unpaired) electrons. The van der Waals surface area contributed by atoms with Gasteiger partial charge >= 0.3 is 0 Å². The molecule has 0 aliphatic heterocycles. The van der Waals surface area contributed by atoms with Crippen molar-refractivity contribution in [2.45, 2.75) is 57.4 Å². The van der Waals surface area contributed by atoms with Crippen LogP contribution in [0.15, 0.2) is 24.3 Å². The number of amides is 2. The highest BCUT2D eigenvalue weighted by Gasteiger charge is 2.33. The van der Waals surface area contributed by atoms with Crippen molar-refractivity contribution < 1.29 is 14.0 Å². The van der Waals surface area contributed by atoms with Gasteiger partial charge in [-0.3, -0.25) is 9.59 Å². The van der Waals surface area contributed by atoms with Crippen LogP contribution in [0.4, 0.5) is 10.1 Å². The number of nitrogens with one attached hydrogen (secondary N) is 3. The molecule has 0 spiro atoms. The normalized spacial score (nSPS) is 18.6. The van der Waals surface area contributed by atoms with Crippen molar-refractivity contribution in [1.29, 1.82) is 0 Å². The fourth-order valence-corrected chi connectivity index (χ4v) is 3.71. The maximum absolute atomic E-state index is 12.9. The van der Waals surface area contributed by atoms with Gasteiger partial charge in [-0.1, -0.05) is 32.1 Å². The van der Waals surface area contributed by atoms with Gasteiger partial charge in [0.2, 0.25) is 11.8 Å². The summed E-state index contributed by atoms with van der Waals surface area (Å²) in [6.45, 7) is 1.00. The highest BCUT2D eigenvalue weighted by atomic mass is 19.1. The number of hydrogen-bond acceptors (Lipinski definition) is 3. The largest absolute Gasteiger partial charge is 0.383 e. The van der Waals surface area contributed by atoms with Crippen molar-refractivity contribution in [3.63, 3.8) is 0 Å². The fourth-order valence-electron chi connectivity index (χ4n) is 3.71. The first kappa shape index (κ1) is 19.6. The lowest BCUT2D eigenvalue weighted by molar-refractivity contribution is -0.130. The van der Waals surface area contributed by atoms with Gasteiger partial charge in [-0.15, -0.1) is 0 Å². The van der Waals surface area contributed by atoms with Crippen LogP contribution in [0.2, 0.25) is 0 Å². The van der Waals surface area contributed by atoms with Gasteiger partial charge in [0.05, 0.1) is 0 Å². The van der Waals surface area contributed by atoms with Crippen molar-refractivity contribution in [2.75, 3.05) is 18.4 Å². The van der Waals surface area contributed by atoms with Crippen LogP contribution in [0.1, 0.15) is 51.4 Å². The molecule has 0 bridgehead atoms. The molecule has 27 heavy (non-hydrogen) atoms. The average Bonchev–Trinajstić information content (AvgIpc) is 3.52. The molecule has 2 aliphatic carbocycles. The Balaban J connectivity index is 1.45. The molecule has 2 fully saturated rings. The van der Waals surface area contributed by atoms with Crippen molar-refractivity contribution in [3.05, 3.63) is 30.1 Å². The summed E-state index contributed by atoms with van der Waals surface area (Å²) >= 11 is 0. The summed E-state index contributed by atoms with van der Waals surface area (Å²) in [6, 6.07) is 5.69. The van der Waals surface area contributed by atoms with Crippen LogP contribution in [-0.2, 0) is 9.59 Å². The van der Waals surface area contributed by atoms with Crippen molar-refractivity contribution in [3.8, 4) is 0 Å². The summed E-state index contributed by atoms with van der Waals surface area (Å²) in [7, 11) is 0. The van der Waals surface area contributed by atoms with Crippen LogP contribution in [0.3, 0.4) is 0 Å². The van der Waals surface area contributed by atoms with Crippen LogP contribution in [-0.4, -0.2) is 30.9 Å². The van der Waals surface area contributed by atoms with E-state index in [4.69, 9.17) is 0 Å². The van der Waals surface area contributed by atoms with Gasteiger partial charge in [0.15, 0.2) is 0 Å². The molecule has 2 amide bonds. The third-order valence-electron chi connectivity index (χ3n) is 5.47. The Morgan fingerprint density at radius 2 is 1.70 bits per heavy atom. The standard InChI is InChI=1S/C21H30FN3O2/c22-17-8-10-18(11-9-17)23-12-13-24-21(27)19(25-20(26)16-6-7-16)14-15-4-2-1-3-5-15/h8-11,15-16,19,23H,1-7,12-14H2,(H,24,27)(H,25,26)/t19-/m0/s1. The Morgan fingerprint density at radius 1 is 1.00 bits per heavy atom. The molecule has 0 saturated heterocycles.